The zero-order valence-electron chi connectivity index (χ0n) is 10.3. The summed E-state index contributed by atoms with van der Waals surface area (Å²) in [5.41, 5.74) is -0.473. The molecule has 0 spiro atoms. The number of hydrogen-bond donors (Lipinski definition) is 1. The lowest BCUT2D eigenvalue weighted by Crippen LogP contribution is -2.34. The van der Waals surface area contributed by atoms with Crippen LogP contribution in [0.15, 0.2) is 18.2 Å². The molecule has 0 unspecified atom stereocenters. The minimum absolute atomic E-state index is 0.118. The van der Waals surface area contributed by atoms with Gasteiger partial charge in [0.2, 0.25) is 0 Å². The van der Waals surface area contributed by atoms with Gasteiger partial charge in [-0.15, -0.1) is 0 Å². The molecule has 1 fully saturated rings. The van der Waals surface area contributed by atoms with Gasteiger partial charge in [-0.25, -0.2) is 4.39 Å². The Morgan fingerprint density at radius 2 is 2.16 bits per heavy atom. The Morgan fingerprint density at radius 3 is 2.84 bits per heavy atom. The van der Waals surface area contributed by atoms with Crippen LogP contribution in [0, 0.1) is 15.9 Å². The van der Waals surface area contributed by atoms with Crippen molar-refractivity contribution in [2.75, 3.05) is 26.2 Å². The van der Waals surface area contributed by atoms with Gasteiger partial charge in [0.05, 0.1) is 16.6 Å². The summed E-state index contributed by atoms with van der Waals surface area (Å²) in [6, 6.07) is 3.10. The number of nitro benzene ring substituents is 1. The molecule has 19 heavy (non-hydrogen) atoms. The minimum Gasteiger partial charge on any atom is -0.337 e. The molecule has 1 heterocycles. The van der Waals surface area contributed by atoms with E-state index in [-0.39, 0.29) is 11.3 Å². The largest absolute Gasteiger partial charge is 0.337 e. The number of halogens is 1. The van der Waals surface area contributed by atoms with E-state index in [1.54, 1.807) is 4.90 Å². The number of non-ortho nitro benzene ring substituents is 1. The summed E-state index contributed by atoms with van der Waals surface area (Å²) in [7, 11) is 0. The molecule has 0 bridgehead atoms. The van der Waals surface area contributed by atoms with Crippen LogP contribution in [0.25, 0.3) is 0 Å². The quantitative estimate of drug-likeness (QED) is 0.644. The zero-order valence-corrected chi connectivity index (χ0v) is 10.3. The molecule has 6 nitrogen and oxygen atoms in total. The average molecular weight is 267 g/mol. The van der Waals surface area contributed by atoms with Gasteiger partial charge in [0, 0.05) is 25.7 Å². The van der Waals surface area contributed by atoms with Crippen LogP contribution in [0.1, 0.15) is 16.8 Å². The first kappa shape index (κ1) is 13.4. The lowest BCUT2D eigenvalue weighted by atomic mass is 10.1. The maximum atomic E-state index is 13.7. The molecule has 0 aliphatic carbocycles. The summed E-state index contributed by atoms with van der Waals surface area (Å²) in [6.45, 7) is 2.56. The summed E-state index contributed by atoms with van der Waals surface area (Å²) in [5, 5.41) is 13.7. The molecule has 1 aromatic rings. The SMILES string of the molecule is O=C(c1ccc([N+](=O)[O-])cc1F)N1CCCNCC1. The Morgan fingerprint density at radius 1 is 1.37 bits per heavy atom. The van der Waals surface area contributed by atoms with Crippen LogP contribution in [-0.4, -0.2) is 41.9 Å². The van der Waals surface area contributed by atoms with Crippen molar-refractivity contribution >= 4 is 11.6 Å². The van der Waals surface area contributed by atoms with Crippen LogP contribution in [0.5, 0.6) is 0 Å². The molecule has 0 radical (unpaired) electrons. The van der Waals surface area contributed by atoms with Crippen molar-refractivity contribution in [1.29, 1.82) is 0 Å². The number of rotatable bonds is 2. The lowest BCUT2D eigenvalue weighted by molar-refractivity contribution is -0.385. The van der Waals surface area contributed by atoms with Gasteiger partial charge in [0.1, 0.15) is 5.82 Å². The van der Waals surface area contributed by atoms with E-state index in [1.165, 1.54) is 6.07 Å². The van der Waals surface area contributed by atoms with Crippen molar-refractivity contribution in [2.24, 2.45) is 0 Å². The van der Waals surface area contributed by atoms with Crippen molar-refractivity contribution in [3.05, 3.63) is 39.7 Å². The predicted octanol–water partition coefficient (Wildman–Crippen LogP) is 1.17. The van der Waals surface area contributed by atoms with E-state index in [0.717, 1.165) is 25.1 Å². The standard InChI is InChI=1S/C12H14FN3O3/c13-11-8-9(16(18)19)2-3-10(11)12(17)15-6-1-4-14-5-7-15/h2-3,8,14H,1,4-7H2. The summed E-state index contributed by atoms with van der Waals surface area (Å²) in [6.07, 6.45) is 0.806. The first-order valence-corrected chi connectivity index (χ1v) is 6.03. The van der Waals surface area contributed by atoms with Crippen LogP contribution in [0.2, 0.25) is 0 Å². The maximum absolute atomic E-state index is 13.7. The second-order valence-corrected chi connectivity index (χ2v) is 4.32. The van der Waals surface area contributed by atoms with Crippen molar-refractivity contribution in [3.63, 3.8) is 0 Å². The van der Waals surface area contributed by atoms with Gasteiger partial charge >= 0.3 is 0 Å². The number of amides is 1. The third kappa shape index (κ3) is 3.05. The van der Waals surface area contributed by atoms with Crippen LogP contribution in [-0.2, 0) is 0 Å². The van der Waals surface area contributed by atoms with E-state index >= 15 is 0 Å². The van der Waals surface area contributed by atoms with Crippen molar-refractivity contribution in [3.8, 4) is 0 Å². The molecule has 1 amide bonds. The number of carbonyl (C=O) groups is 1. The number of nitrogens with one attached hydrogen (secondary N) is 1. The fraction of sp³-hybridized carbons (Fsp3) is 0.417. The second kappa shape index (κ2) is 5.75. The van der Waals surface area contributed by atoms with Crippen LogP contribution in [0.3, 0.4) is 0 Å². The Bertz CT molecular complexity index is 499. The van der Waals surface area contributed by atoms with Gasteiger partial charge in [-0.1, -0.05) is 0 Å². The Hall–Kier alpha value is -2.02. The molecular formula is C12H14FN3O3. The van der Waals surface area contributed by atoms with Gasteiger partial charge in [-0.05, 0) is 19.0 Å². The van der Waals surface area contributed by atoms with Crippen molar-refractivity contribution in [2.45, 2.75) is 6.42 Å². The van der Waals surface area contributed by atoms with Gasteiger partial charge < -0.3 is 10.2 Å². The van der Waals surface area contributed by atoms with Crippen molar-refractivity contribution < 1.29 is 14.1 Å². The summed E-state index contributed by atoms with van der Waals surface area (Å²) < 4.78 is 13.7. The van der Waals surface area contributed by atoms with Gasteiger partial charge in [-0.2, -0.15) is 0 Å². The Kier molecular flexibility index (Phi) is 4.06. The van der Waals surface area contributed by atoms with E-state index < -0.39 is 16.6 Å². The highest BCUT2D eigenvalue weighted by Crippen LogP contribution is 2.18. The van der Waals surface area contributed by atoms with Crippen molar-refractivity contribution in [1.82, 2.24) is 10.2 Å². The molecule has 1 aromatic carbocycles. The minimum atomic E-state index is -0.851. The zero-order chi connectivity index (χ0) is 13.8. The first-order chi connectivity index (χ1) is 9.09. The third-order valence-corrected chi connectivity index (χ3v) is 3.02. The highest BCUT2D eigenvalue weighted by atomic mass is 19.1. The summed E-state index contributed by atoms with van der Waals surface area (Å²) in [5.74, 6) is -1.27. The highest BCUT2D eigenvalue weighted by Gasteiger charge is 2.21. The number of carbonyl (C=O) groups excluding carboxylic acids is 1. The van der Waals surface area contributed by atoms with Crippen LogP contribution < -0.4 is 5.32 Å². The molecule has 1 saturated heterocycles. The molecular weight excluding hydrogens is 253 g/mol. The average Bonchev–Trinajstić information content (AvgIpc) is 2.66. The lowest BCUT2D eigenvalue weighted by Gasteiger charge is -2.20. The normalized spacial score (nSPS) is 15.9. The van der Waals surface area contributed by atoms with E-state index in [4.69, 9.17) is 0 Å². The fourth-order valence-electron chi connectivity index (χ4n) is 2.01. The molecule has 1 aliphatic rings. The molecule has 7 heteroatoms. The number of hydrogen-bond acceptors (Lipinski definition) is 4. The Labute approximate surface area is 109 Å². The fourth-order valence-corrected chi connectivity index (χ4v) is 2.01. The molecule has 0 saturated carbocycles. The Balaban J connectivity index is 2.20. The molecule has 2 rings (SSSR count). The monoisotopic (exact) mass is 267 g/mol. The van der Waals surface area contributed by atoms with Crippen LogP contribution >= 0.6 is 0 Å². The second-order valence-electron chi connectivity index (χ2n) is 4.32. The molecule has 0 atom stereocenters. The van der Waals surface area contributed by atoms with Gasteiger partial charge in [-0.3, -0.25) is 14.9 Å². The third-order valence-electron chi connectivity index (χ3n) is 3.02. The number of nitrogens with zero attached hydrogens (tertiary/aromatic N) is 2. The highest BCUT2D eigenvalue weighted by molar-refractivity contribution is 5.94. The molecule has 1 aliphatic heterocycles. The molecule has 1 N–H and O–H groups in total. The van der Waals surface area contributed by atoms with Gasteiger partial charge in [0.25, 0.3) is 11.6 Å². The van der Waals surface area contributed by atoms with E-state index in [0.29, 0.717) is 19.6 Å². The van der Waals surface area contributed by atoms with Gasteiger partial charge in [0.15, 0.2) is 0 Å². The molecule has 102 valence electrons. The first-order valence-electron chi connectivity index (χ1n) is 6.03. The number of benzene rings is 1. The predicted molar refractivity (Wildman–Crippen MR) is 66.4 cm³/mol. The smallest absolute Gasteiger partial charge is 0.272 e. The maximum Gasteiger partial charge on any atom is 0.272 e. The van der Waals surface area contributed by atoms with E-state index in [1.807, 2.05) is 0 Å². The van der Waals surface area contributed by atoms with Crippen LogP contribution in [0.4, 0.5) is 10.1 Å². The molecule has 0 aromatic heterocycles. The summed E-state index contributed by atoms with van der Waals surface area (Å²) >= 11 is 0. The van der Waals surface area contributed by atoms with E-state index in [2.05, 4.69) is 5.32 Å². The summed E-state index contributed by atoms with van der Waals surface area (Å²) in [4.78, 5) is 23.5. The van der Waals surface area contributed by atoms with E-state index in [9.17, 15) is 19.3 Å². The number of nitro groups is 1. The topological polar surface area (TPSA) is 75.5 Å².